The standard InChI is InChI=1S/C17H26N6O/c1-22(11-15-5-3-4-6-19-15)12-16-20-21-17(13-9-14(18)10-13)23(16)7-8-24-2/h3-6,13-14H,7-12,18H2,1-2H3. The molecule has 0 atom stereocenters. The van der Waals surface area contributed by atoms with Gasteiger partial charge in [-0.3, -0.25) is 9.88 Å². The molecule has 24 heavy (non-hydrogen) atoms. The molecule has 1 aliphatic carbocycles. The Kier molecular flexibility index (Phi) is 5.55. The van der Waals surface area contributed by atoms with Crippen molar-refractivity contribution in [1.82, 2.24) is 24.6 Å². The zero-order chi connectivity index (χ0) is 16.9. The van der Waals surface area contributed by atoms with Crippen molar-refractivity contribution in [1.29, 1.82) is 0 Å². The van der Waals surface area contributed by atoms with Crippen molar-refractivity contribution in [2.24, 2.45) is 5.73 Å². The third-order valence-corrected chi connectivity index (χ3v) is 4.48. The molecule has 3 rings (SSSR count). The third kappa shape index (κ3) is 3.98. The first-order valence-electron chi connectivity index (χ1n) is 8.42. The van der Waals surface area contributed by atoms with Gasteiger partial charge in [0, 0.05) is 38.4 Å². The van der Waals surface area contributed by atoms with E-state index in [0.29, 0.717) is 18.6 Å². The molecule has 0 aliphatic heterocycles. The van der Waals surface area contributed by atoms with Gasteiger partial charge in [0.1, 0.15) is 11.6 Å². The van der Waals surface area contributed by atoms with Crippen molar-refractivity contribution < 1.29 is 4.74 Å². The first-order chi connectivity index (χ1) is 11.7. The molecule has 2 heterocycles. The first kappa shape index (κ1) is 17.0. The van der Waals surface area contributed by atoms with Crippen molar-refractivity contribution in [3.8, 4) is 0 Å². The van der Waals surface area contributed by atoms with E-state index in [4.69, 9.17) is 10.5 Å². The van der Waals surface area contributed by atoms with Gasteiger partial charge in [0.25, 0.3) is 0 Å². The summed E-state index contributed by atoms with van der Waals surface area (Å²) in [4.78, 5) is 6.58. The maximum Gasteiger partial charge on any atom is 0.147 e. The molecule has 1 aliphatic rings. The van der Waals surface area contributed by atoms with Gasteiger partial charge in [-0.15, -0.1) is 10.2 Å². The molecule has 7 heteroatoms. The lowest BCUT2D eigenvalue weighted by Crippen LogP contribution is -2.36. The lowest BCUT2D eigenvalue weighted by atomic mass is 9.80. The van der Waals surface area contributed by atoms with Gasteiger partial charge < -0.3 is 15.0 Å². The van der Waals surface area contributed by atoms with E-state index >= 15 is 0 Å². The highest BCUT2D eigenvalue weighted by atomic mass is 16.5. The van der Waals surface area contributed by atoms with Crippen LogP contribution in [0.5, 0.6) is 0 Å². The Balaban J connectivity index is 1.69. The fraction of sp³-hybridized carbons (Fsp3) is 0.588. The van der Waals surface area contributed by atoms with Crippen molar-refractivity contribution in [2.75, 3.05) is 20.8 Å². The summed E-state index contributed by atoms with van der Waals surface area (Å²) in [7, 11) is 3.79. The van der Waals surface area contributed by atoms with Crippen LogP contribution in [-0.4, -0.2) is 51.5 Å². The maximum atomic E-state index is 5.93. The second kappa shape index (κ2) is 7.83. The average Bonchev–Trinajstić information content (AvgIpc) is 2.92. The van der Waals surface area contributed by atoms with E-state index in [1.807, 2.05) is 24.4 Å². The molecule has 130 valence electrons. The highest BCUT2D eigenvalue weighted by Crippen LogP contribution is 2.34. The summed E-state index contributed by atoms with van der Waals surface area (Å²) in [6.45, 7) is 2.94. The van der Waals surface area contributed by atoms with Crippen LogP contribution in [0, 0.1) is 0 Å². The summed E-state index contributed by atoms with van der Waals surface area (Å²) in [5, 5.41) is 8.88. The molecule has 1 saturated carbocycles. The number of hydrogen-bond acceptors (Lipinski definition) is 6. The number of hydrogen-bond donors (Lipinski definition) is 1. The Bertz CT molecular complexity index is 638. The summed E-state index contributed by atoms with van der Waals surface area (Å²) in [6, 6.07) is 6.28. The van der Waals surface area contributed by atoms with E-state index in [-0.39, 0.29) is 0 Å². The van der Waals surface area contributed by atoms with Crippen LogP contribution in [-0.2, 0) is 24.4 Å². The number of pyridine rings is 1. The van der Waals surface area contributed by atoms with Gasteiger partial charge >= 0.3 is 0 Å². The van der Waals surface area contributed by atoms with Crippen molar-refractivity contribution >= 4 is 0 Å². The summed E-state index contributed by atoms with van der Waals surface area (Å²) in [6.07, 6.45) is 3.81. The Morgan fingerprint density at radius 1 is 1.29 bits per heavy atom. The number of aromatic nitrogens is 4. The largest absolute Gasteiger partial charge is 0.383 e. The predicted molar refractivity (Wildman–Crippen MR) is 91.3 cm³/mol. The lowest BCUT2D eigenvalue weighted by molar-refractivity contribution is 0.181. The molecule has 2 aromatic rings. The highest BCUT2D eigenvalue weighted by Gasteiger charge is 2.32. The fourth-order valence-corrected chi connectivity index (χ4v) is 3.13. The fourth-order valence-electron chi connectivity index (χ4n) is 3.13. The van der Waals surface area contributed by atoms with E-state index in [1.165, 1.54) is 0 Å². The quantitative estimate of drug-likeness (QED) is 0.782. The van der Waals surface area contributed by atoms with Crippen LogP contribution >= 0.6 is 0 Å². The Morgan fingerprint density at radius 3 is 2.79 bits per heavy atom. The molecular weight excluding hydrogens is 304 g/mol. The monoisotopic (exact) mass is 330 g/mol. The van der Waals surface area contributed by atoms with Gasteiger partial charge in [0.05, 0.1) is 18.8 Å². The summed E-state index contributed by atoms with van der Waals surface area (Å²) >= 11 is 0. The molecule has 0 spiro atoms. The maximum absolute atomic E-state index is 5.93. The van der Waals surface area contributed by atoms with Gasteiger partial charge in [-0.2, -0.15) is 0 Å². The molecule has 2 aromatic heterocycles. The molecule has 0 amide bonds. The lowest BCUT2D eigenvalue weighted by Gasteiger charge is -2.32. The highest BCUT2D eigenvalue weighted by molar-refractivity contribution is 5.09. The summed E-state index contributed by atoms with van der Waals surface area (Å²) in [5.41, 5.74) is 6.98. The molecule has 0 unspecified atom stereocenters. The van der Waals surface area contributed by atoms with Crippen LogP contribution in [0.1, 0.15) is 36.1 Å². The molecule has 0 aromatic carbocycles. The van der Waals surface area contributed by atoms with Crippen LogP contribution < -0.4 is 5.73 Å². The molecule has 0 saturated heterocycles. The van der Waals surface area contributed by atoms with E-state index in [9.17, 15) is 0 Å². The van der Waals surface area contributed by atoms with Crippen LogP contribution in [0.15, 0.2) is 24.4 Å². The second-order valence-electron chi connectivity index (χ2n) is 6.54. The summed E-state index contributed by atoms with van der Waals surface area (Å²) in [5.74, 6) is 2.45. The van der Waals surface area contributed by atoms with E-state index in [0.717, 1.165) is 49.8 Å². The minimum absolute atomic E-state index is 0.304. The number of nitrogens with zero attached hydrogens (tertiary/aromatic N) is 5. The first-order valence-corrected chi connectivity index (χ1v) is 8.42. The average molecular weight is 330 g/mol. The normalized spacial score (nSPS) is 20.3. The zero-order valence-corrected chi connectivity index (χ0v) is 14.4. The molecule has 0 radical (unpaired) electrons. The Hall–Kier alpha value is -1.83. The van der Waals surface area contributed by atoms with Gasteiger partial charge in [-0.25, -0.2) is 0 Å². The van der Waals surface area contributed by atoms with Gasteiger partial charge in [0.15, 0.2) is 0 Å². The third-order valence-electron chi connectivity index (χ3n) is 4.48. The number of ether oxygens (including phenoxy) is 1. The molecule has 1 fully saturated rings. The van der Waals surface area contributed by atoms with E-state index in [2.05, 4.69) is 31.7 Å². The Morgan fingerprint density at radius 2 is 2.12 bits per heavy atom. The minimum Gasteiger partial charge on any atom is -0.383 e. The number of nitrogens with two attached hydrogens (primary N) is 1. The number of methoxy groups -OCH3 is 1. The van der Waals surface area contributed by atoms with Crippen molar-refractivity contribution in [3.63, 3.8) is 0 Å². The molecule has 0 bridgehead atoms. The smallest absolute Gasteiger partial charge is 0.147 e. The van der Waals surface area contributed by atoms with E-state index < -0.39 is 0 Å². The van der Waals surface area contributed by atoms with Gasteiger partial charge in [0.2, 0.25) is 0 Å². The zero-order valence-electron chi connectivity index (χ0n) is 14.4. The molecule has 2 N–H and O–H groups in total. The molecular formula is C17H26N6O. The predicted octanol–water partition coefficient (Wildman–Crippen LogP) is 1.16. The van der Waals surface area contributed by atoms with Gasteiger partial charge in [-0.1, -0.05) is 6.07 Å². The Labute approximate surface area is 142 Å². The van der Waals surface area contributed by atoms with Gasteiger partial charge in [-0.05, 0) is 32.0 Å². The van der Waals surface area contributed by atoms with Crippen LogP contribution in [0.4, 0.5) is 0 Å². The van der Waals surface area contributed by atoms with Crippen molar-refractivity contribution in [2.45, 2.75) is 44.4 Å². The van der Waals surface area contributed by atoms with Crippen molar-refractivity contribution in [3.05, 3.63) is 41.7 Å². The summed E-state index contributed by atoms with van der Waals surface area (Å²) < 4.78 is 7.46. The number of rotatable bonds is 8. The van der Waals surface area contributed by atoms with E-state index in [1.54, 1.807) is 7.11 Å². The SMILES string of the molecule is COCCn1c(CN(C)Cc2ccccn2)nnc1C1CC(N)C1. The second-order valence-corrected chi connectivity index (χ2v) is 6.54. The van der Waals surface area contributed by atoms with Crippen LogP contribution in [0.2, 0.25) is 0 Å². The van der Waals surface area contributed by atoms with Crippen LogP contribution in [0.25, 0.3) is 0 Å². The minimum atomic E-state index is 0.304. The molecule has 7 nitrogen and oxygen atoms in total. The van der Waals surface area contributed by atoms with Crippen LogP contribution in [0.3, 0.4) is 0 Å². The topological polar surface area (TPSA) is 82.1 Å².